The third-order valence-electron chi connectivity index (χ3n) is 6.66. The highest BCUT2D eigenvalue weighted by molar-refractivity contribution is 8.45. The van der Waals surface area contributed by atoms with Crippen LogP contribution in [0.5, 0.6) is 5.75 Å². The quantitative estimate of drug-likeness (QED) is 0.139. The third-order valence-corrected chi connectivity index (χ3v) is 7.82. The fourth-order valence-corrected chi connectivity index (χ4v) is 5.29. The van der Waals surface area contributed by atoms with Crippen molar-refractivity contribution in [3.8, 4) is 5.75 Å². The Labute approximate surface area is 198 Å². The van der Waals surface area contributed by atoms with Gasteiger partial charge in [-0.3, -0.25) is 0 Å². The zero-order chi connectivity index (χ0) is 24.9. The topological polar surface area (TPSA) is 26.3 Å². The van der Waals surface area contributed by atoms with Crippen LogP contribution < -0.4 is 4.74 Å². The molecule has 0 aromatic heterocycles. The fraction of sp³-hybridized carbons (Fsp3) is 0.500. The van der Waals surface area contributed by atoms with Crippen molar-refractivity contribution < 1.29 is 29.0 Å². The summed E-state index contributed by atoms with van der Waals surface area (Å²) in [5.74, 6) is 0.282. The largest absolute Gasteiger partial charge is 0.423 e. The highest BCUT2D eigenvalue weighted by Gasteiger charge is 2.65. The highest BCUT2D eigenvalue weighted by atomic mass is 32.5. The molecule has 190 valence electrons. The minimum Gasteiger partial charge on any atom is -0.423 e. The maximum absolute atomic E-state index is 12.8. The highest BCUT2D eigenvalue weighted by Crippen LogP contribution is 3.02. The zero-order valence-corrected chi connectivity index (χ0v) is 20.3. The van der Waals surface area contributed by atoms with Gasteiger partial charge >= 0.3 is 16.2 Å². The molecule has 1 saturated carbocycles. The van der Waals surface area contributed by atoms with Crippen molar-refractivity contribution in [2.75, 3.05) is 0 Å². The van der Waals surface area contributed by atoms with E-state index in [0.717, 1.165) is 36.5 Å². The van der Waals surface area contributed by atoms with Crippen LogP contribution in [-0.2, 0) is 0 Å². The number of benzene rings is 2. The Balaban J connectivity index is 1.50. The van der Waals surface area contributed by atoms with Crippen molar-refractivity contribution in [3.63, 3.8) is 0 Å². The molecule has 8 heteroatoms. The van der Waals surface area contributed by atoms with Crippen molar-refractivity contribution in [3.05, 3.63) is 59.7 Å². The number of esters is 1. The van der Waals surface area contributed by atoms with E-state index in [1.165, 1.54) is 51.4 Å². The van der Waals surface area contributed by atoms with Crippen molar-refractivity contribution in [2.45, 2.75) is 81.9 Å². The summed E-state index contributed by atoms with van der Waals surface area (Å²) >= 11 is 0. The molecule has 34 heavy (non-hydrogen) atoms. The molecule has 0 atom stereocenters. The number of hydrogen-bond acceptors (Lipinski definition) is 2. The van der Waals surface area contributed by atoms with Gasteiger partial charge in [0.2, 0.25) is 0 Å². The molecule has 3 rings (SSSR count). The molecule has 2 aromatic carbocycles. The predicted molar refractivity (Wildman–Crippen MR) is 127 cm³/mol. The van der Waals surface area contributed by atoms with E-state index >= 15 is 0 Å². The molecule has 0 saturated heterocycles. The minimum absolute atomic E-state index is 0.229. The molecule has 0 amide bonds. The lowest BCUT2D eigenvalue weighted by molar-refractivity contribution is 0.0734. The lowest BCUT2D eigenvalue weighted by Crippen LogP contribution is -2.14. The summed E-state index contributed by atoms with van der Waals surface area (Å²) in [6.07, 6.45) is 12.6. The van der Waals surface area contributed by atoms with Gasteiger partial charge in [0.1, 0.15) is 10.6 Å². The number of unbranched alkanes of at least 4 members (excludes halogenated alkanes) is 4. The van der Waals surface area contributed by atoms with Gasteiger partial charge in [0.15, 0.2) is 0 Å². The molecule has 2 nitrogen and oxygen atoms in total. The molecule has 0 unspecified atom stereocenters. The van der Waals surface area contributed by atoms with Gasteiger partial charge in [-0.1, -0.05) is 77.0 Å². The van der Waals surface area contributed by atoms with Crippen LogP contribution in [0.3, 0.4) is 0 Å². The third kappa shape index (κ3) is 7.72. The minimum atomic E-state index is -9.75. The van der Waals surface area contributed by atoms with Gasteiger partial charge in [0.25, 0.3) is 0 Å². The molecular weight excluding hydrogens is 471 g/mol. The lowest BCUT2D eigenvalue weighted by atomic mass is 9.77. The molecule has 2 aromatic rings. The Hall–Kier alpha value is -2.09. The Morgan fingerprint density at radius 2 is 1.41 bits per heavy atom. The number of hydrogen-bond donors (Lipinski definition) is 0. The Bertz CT molecular complexity index is 948. The van der Waals surface area contributed by atoms with Crippen molar-refractivity contribution in [1.29, 1.82) is 0 Å². The van der Waals surface area contributed by atoms with E-state index < -0.39 is 21.1 Å². The number of ether oxygens (including phenoxy) is 1. The first-order valence-corrected chi connectivity index (χ1v) is 14.0. The standard InChI is InChI=1S/C26H33F5O2S/c1-2-3-4-5-6-7-20-8-10-21(11-9-20)22-12-14-23(15-13-22)26(32)33-24-16-18-25(19-17-24)34(27,28,29,30)31/h12-21H,2-11H2,1H3/t20-,21-. The van der Waals surface area contributed by atoms with E-state index in [4.69, 9.17) is 4.74 Å². The Morgan fingerprint density at radius 1 is 0.824 bits per heavy atom. The Morgan fingerprint density at radius 3 is 1.97 bits per heavy atom. The molecule has 0 spiro atoms. The van der Waals surface area contributed by atoms with Gasteiger partial charge in [-0.05, 0) is 79.5 Å². The second-order valence-corrected chi connectivity index (χ2v) is 11.8. The fourth-order valence-electron chi connectivity index (χ4n) is 4.64. The molecular formula is C26H33F5O2S. The van der Waals surface area contributed by atoms with E-state index in [2.05, 4.69) is 6.92 Å². The van der Waals surface area contributed by atoms with Gasteiger partial charge in [-0.25, -0.2) is 4.79 Å². The van der Waals surface area contributed by atoms with Crippen LogP contribution in [0.25, 0.3) is 0 Å². The molecule has 0 heterocycles. The van der Waals surface area contributed by atoms with E-state index in [1.54, 1.807) is 12.1 Å². The summed E-state index contributed by atoms with van der Waals surface area (Å²) in [6, 6.07) is 8.97. The first kappa shape index (κ1) is 26.5. The van der Waals surface area contributed by atoms with Crippen molar-refractivity contribution in [2.24, 2.45) is 5.92 Å². The van der Waals surface area contributed by atoms with Crippen molar-refractivity contribution in [1.82, 2.24) is 0 Å². The SMILES string of the molecule is CCCCCCC[C@H]1CC[C@H](c2ccc(C(=O)Oc3ccc(S(F)(F)(F)(F)F)cc3)cc2)CC1. The van der Waals surface area contributed by atoms with Gasteiger partial charge in [0, 0.05) is 0 Å². The first-order chi connectivity index (χ1) is 15.9. The molecule has 1 aliphatic carbocycles. The molecule has 0 N–H and O–H groups in total. The molecule has 0 aliphatic heterocycles. The number of rotatable bonds is 10. The molecule has 0 radical (unpaired) electrons. The second-order valence-electron chi connectivity index (χ2n) is 9.37. The molecule has 1 aliphatic rings. The second kappa shape index (κ2) is 9.88. The Kier molecular flexibility index (Phi) is 7.70. The number of carbonyl (C=O) groups excluding carboxylic acids is 1. The van der Waals surface area contributed by atoms with E-state index in [-0.39, 0.29) is 23.4 Å². The maximum Gasteiger partial charge on any atom is 0.343 e. The van der Waals surface area contributed by atoms with Crippen LogP contribution in [-0.4, -0.2) is 5.97 Å². The average molecular weight is 505 g/mol. The van der Waals surface area contributed by atoms with Crippen LogP contribution >= 0.6 is 10.2 Å². The van der Waals surface area contributed by atoms with Crippen LogP contribution in [0.1, 0.15) is 93.0 Å². The van der Waals surface area contributed by atoms with Crippen LogP contribution in [0, 0.1) is 5.92 Å². The predicted octanol–water partition coefficient (Wildman–Crippen LogP) is 10.2. The number of halogens is 5. The molecule has 0 bridgehead atoms. The summed E-state index contributed by atoms with van der Waals surface area (Å²) in [5, 5.41) is 0. The number of carbonyl (C=O) groups is 1. The van der Waals surface area contributed by atoms with Gasteiger partial charge in [-0.15, -0.1) is 0 Å². The van der Waals surface area contributed by atoms with Crippen LogP contribution in [0.4, 0.5) is 19.4 Å². The van der Waals surface area contributed by atoms with E-state index in [1.807, 2.05) is 12.1 Å². The van der Waals surface area contributed by atoms with Gasteiger partial charge in [0.05, 0.1) is 5.56 Å². The first-order valence-electron chi connectivity index (χ1n) is 12.0. The van der Waals surface area contributed by atoms with Gasteiger partial charge < -0.3 is 4.74 Å². The summed E-state index contributed by atoms with van der Waals surface area (Å²) in [4.78, 5) is 10.3. The summed E-state index contributed by atoms with van der Waals surface area (Å²) in [6.45, 7) is 2.22. The zero-order valence-electron chi connectivity index (χ0n) is 19.5. The van der Waals surface area contributed by atoms with E-state index in [9.17, 15) is 24.2 Å². The summed E-state index contributed by atoms with van der Waals surface area (Å²) in [7, 11) is -9.75. The average Bonchev–Trinajstić information content (AvgIpc) is 2.78. The lowest BCUT2D eigenvalue weighted by Gasteiger charge is -2.40. The smallest absolute Gasteiger partial charge is 0.343 e. The van der Waals surface area contributed by atoms with Gasteiger partial charge in [-0.2, -0.15) is 0 Å². The summed E-state index contributed by atoms with van der Waals surface area (Å²) < 4.78 is 69.1. The van der Waals surface area contributed by atoms with Crippen LogP contribution in [0.15, 0.2) is 53.4 Å². The van der Waals surface area contributed by atoms with Crippen molar-refractivity contribution >= 4 is 16.2 Å². The normalized spacial score (nSPS) is 20.9. The monoisotopic (exact) mass is 504 g/mol. The maximum atomic E-state index is 12.8. The summed E-state index contributed by atoms with van der Waals surface area (Å²) in [5.41, 5.74) is 1.42. The van der Waals surface area contributed by atoms with E-state index in [0.29, 0.717) is 5.92 Å². The molecule has 1 fully saturated rings. The van der Waals surface area contributed by atoms with Crippen LogP contribution in [0.2, 0.25) is 0 Å².